The summed E-state index contributed by atoms with van der Waals surface area (Å²) in [6, 6.07) is 9.34. The monoisotopic (exact) mass is 185 g/mol. The molecule has 1 heterocycles. The number of pyridine rings is 1. The first-order chi connectivity index (χ1) is 6.77. The van der Waals surface area contributed by atoms with Gasteiger partial charge in [0.25, 0.3) is 0 Å². The van der Waals surface area contributed by atoms with E-state index in [1.807, 2.05) is 24.3 Å². The number of rotatable bonds is 1. The van der Waals surface area contributed by atoms with Crippen molar-refractivity contribution in [3.63, 3.8) is 0 Å². The van der Waals surface area contributed by atoms with E-state index in [0.29, 0.717) is 11.4 Å². The van der Waals surface area contributed by atoms with Crippen LogP contribution in [0.3, 0.4) is 0 Å². The Hall–Kier alpha value is -2.03. The molecule has 0 aliphatic rings. The number of hydrogen-bond acceptors (Lipinski definition) is 3. The van der Waals surface area contributed by atoms with Crippen LogP contribution in [0.2, 0.25) is 0 Å². The molecule has 0 bridgehead atoms. The van der Waals surface area contributed by atoms with Gasteiger partial charge in [-0.2, -0.15) is 0 Å². The molecule has 70 valence electrons. The zero-order chi connectivity index (χ0) is 9.97. The van der Waals surface area contributed by atoms with Crippen LogP contribution in [-0.4, -0.2) is 4.98 Å². The molecule has 14 heavy (non-hydrogen) atoms. The summed E-state index contributed by atoms with van der Waals surface area (Å²) in [5.41, 5.74) is 14.8. The summed E-state index contributed by atoms with van der Waals surface area (Å²) in [6.07, 6.45) is 3.51. The third kappa shape index (κ3) is 1.52. The Bertz CT molecular complexity index is 438. The van der Waals surface area contributed by atoms with Gasteiger partial charge in [-0.25, -0.2) is 0 Å². The fourth-order valence-corrected chi connectivity index (χ4v) is 1.37. The lowest BCUT2D eigenvalue weighted by Crippen LogP contribution is -1.93. The molecule has 2 rings (SSSR count). The highest BCUT2D eigenvalue weighted by molar-refractivity contribution is 5.78. The van der Waals surface area contributed by atoms with E-state index in [9.17, 15) is 0 Å². The van der Waals surface area contributed by atoms with Crippen molar-refractivity contribution in [2.45, 2.75) is 0 Å². The Labute approximate surface area is 82.4 Å². The van der Waals surface area contributed by atoms with Crippen LogP contribution < -0.4 is 11.5 Å². The Morgan fingerprint density at radius 2 is 1.93 bits per heavy atom. The second-order valence-electron chi connectivity index (χ2n) is 3.09. The highest BCUT2D eigenvalue weighted by Crippen LogP contribution is 2.26. The van der Waals surface area contributed by atoms with E-state index < -0.39 is 0 Å². The molecule has 3 nitrogen and oxygen atoms in total. The van der Waals surface area contributed by atoms with Gasteiger partial charge in [-0.15, -0.1) is 0 Å². The van der Waals surface area contributed by atoms with Gasteiger partial charge >= 0.3 is 0 Å². The molecular formula is C11H11N3. The van der Waals surface area contributed by atoms with Crippen LogP contribution in [0.15, 0.2) is 42.7 Å². The Kier molecular flexibility index (Phi) is 2.07. The van der Waals surface area contributed by atoms with Gasteiger partial charge in [0, 0.05) is 34.9 Å². The predicted molar refractivity (Wildman–Crippen MR) is 58.5 cm³/mol. The lowest BCUT2D eigenvalue weighted by atomic mass is 10.1. The highest BCUT2D eigenvalue weighted by Gasteiger charge is 2.01. The molecule has 1 aromatic heterocycles. The standard InChI is InChI=1S/C11H11N3/c12-9-3-4-10(11(13)6-9)8-2-1-5-14-7-8/h1-7H,12-13H2. The van der Waals surface area contributed by atoms with E-state index in [1.54, 1.807) is 18.5 Å². The maximum Gasteiger partial charge on any atom is 0.0414 e. The number of nitrogens with zero attached hydrogens (tertiary/aromatic N) is 1. The first kappa shape index (κ1) is 8.56. The van der Waals surface area contributed by atoms with Gasteiger partial charge in [0.15, 0.2) is 0 Å². The van der Waals surface area contributed by atoms with Gasteiger partial charge < -0.3 is 11.5 Å². The molecule has 0 fully saturated rings. The first-order valence-corrected chi connectivity index (χ1v) is 4.33. The minimum absolute atomic E-state index is 0.676. The first-order valence-electron chi connectivity index (χ1n) is 4.33. The Morgan fingerprint density at radius 1 is 1.07 bits per heavy atom. The largest absolute Gasteiger partial charge is 0.399 e. The van der Waals surface area contributed by atoms with Crippen molar-refractivity contribution >= 4 is 11.4 Å². The molecule has 0 aliphatic carbocycles. The minimum Gasteiger partial charge on any atom is -0.399 e. The molecular weight excluding hydrogens is 174 g/mol. The fourth-order valence-electron chi connectivity index (χ4n) is 1.37. The van der Waals surface area contributed by atoms with E-state index in [-0.39, 0.29) is 0 Å². The van der Waals surface area contributed by atoms with E-state index in [2.05, 4.69) is 4.98 Å². The van der Waals surface area contributed by atoms with E-state index in [0.717, 1.165) is 11.1 Å². The lowest BCUT2D eigenvalue weighted by molar-refractivity contribution is 1.33. The van der Waals surface area contributed by atoms with Crippen molar-refractivity contribution < 1.29 is 0 Å². The highest BCUT2D eigenvalue weighted by atomic mass is 14.6. The van der Waals surface area contributed by atoms with E-state index in [4.69, 9.17) is 11.5 Å². The maximum atomic E-state index is 5.85. The zero-order valence-corrected chi connectivity index (χ0v) is 7.64. The molecule has 1 aromatic carbocycles. The van der Waals surface area contributed by atoms with Crippen LogP contribution in [0.25, 0.3) is 11.1 Å². The second-order valence-corrected chi connectivity index (χ2v) is 3.09. The number of anilines is 2. The molecule has 0 amide bonds. The van der Waals surface area contributed by atoms with Gasteiger partial charge in [-0.05, 0) is 18.2 Å². The fraction of sp³-hybridized carbons (Fsp3) is 0. The van der Waals surface area contributed by atoms with Gasteiger partial charge in [-0.3, -0.25) is 4.98 Å². The van der Waals surface area contributed by atoms with Gasteiger partial charge in [0.1, 0.15) is 0 Å². The SMILES string of the molecule is Nc1ccc(-c2cccnc2)c(N)c1. The van der Waals surface area contributed by atoms with Gasteiger partial charge in [0.2, 0.25) is 0 Å². The van der Waals surface area contributed by atoms with Crippen molar-refractivity contribution in [1.29, 1.82) is 0 Å². The average Bonchev–Trinajstić information content (AvgIpc) is 2.19. The Balaban J connectivity index is 2.53. The van der Waals surface area contributed by atoms with Crippen molar-refractivity contribution in [2.24, 2.45) is 0 Å². The topological polar surface area (TPSA) is 64.9 Å². The molecule has 0 spiro atoms. The molecule has 0 radical (unpaired) electrons. The third-order valence-corrected chi connectivity index (χ3v) is 2.05. The van der Waals surface area contributed by atoms with Crippen LogP contribution >= 0.6 is 0 Å². The summed E-state index contributed by atoms with van der Waals surface area (Å²) < 4.78 is 0. The summed E-state index contributed by atoms with van der Waals surface area (Å²) in [5.74, 6) is 0. The van der Waals surface area contributed by atoms with Crippen molar-refractivity contribution in [1.82, 2.24) is 4.98 Å². The predicted octanol–water partition coefficient (Wildman–Crippen LogP) is 1.91. The zero-order valence-electron chi connectivity index (χ0n) is 7.64. The Morgan fingerprint density at radius 3 is 2.57 bits per heavy atom. The number of hydrogen-bond donors (Lipinski definition) is 2. The smallest absolute Gasteiger partial charge is 0.0414 e. The van der Waals surface area contributed by atoms with E-state index >= 15 is 0 Å². The third-order valence-electron chi connectivity index (χ3n) is 2.05. The lowest BCUT2D eigenvalue weighted by Gasteiger charge is -2.05. The number of nitrogens with two attached hydrogens (primary N) is 2. The molecule has 4 N–H and O–H groups in total. The quantitative estimate of drug-likeness (QED) is 0.667. The summed E-state index contributed by atoms with van der Waals surface area (Å²) in [5, 5.41) is 0. The van der Waals surface area contributed by atoms with Crippen LogP contribution in [0.1, 0.15) is 0 Å². The normalized spacial score (nSPS) is 10.0. The molecule has 0 saturated heterocycles. The number of aromatic nitrogens is 1. The summed E-state index contributed by atoms with van der Waals surface area (Å²) >= 11 is 0. The molecule has 0 unspecified atom stereocenters. The second kappa shape index (κ2) is 3.38. The molecule has 0 aliphatic heterocycles. The molecule has 0 atom stereocenters. The van der Waals surface area contributed by atoms with Crippen molar-refractivity contribution in [2.75, 3.05) is 11.5 Å². The summed E-state index contributed by atoms with van der Waals surface area (Å²) in [7, 11) is 0. The van der Waals surface area contributed by atoms with Crippen LogP contribution in [0, 0.1) is 0 Å². The van der Waals surface area contributed by atoms with Crippen molar-refractivity contribution in [3.8, 4) is 11.1 Å². The minimum atomic E-state index is 0.676. The molecule has 0 saturated carbocycles. The van der Waals surface area contributed by atoms with Crippen molar-refractivity contribution in [3.05, 3.63) is 42.7 Å². The number of benzene rings is 1. The average molecular weight is 185 g/mol. The summed E-state index contributed by atoms with van der Waals surface area (Å²) in [4.78, 5) is 4.04. The summed E-state index contributed by atoms with van der Waals surface area (Å²) in [6.45, 7) is 0. The van der Waals surface area contributed by atoms with Crippen LogP contribution in [-0.2, 0) is 0 Å². The molecule has 2 aromatic rings. The number of nitrogen functional groups attached to an aromatic ring is 2. The molecule has 3 heteroatoms. The van der Waals surface area contributed by atoms with E-state index in [1.165, 1.54) is 0 Å². The van der Waals surface area contributed by atoms with Crippen LogP contribution in [0.4, 0.5) is 11.4 Å². The van der Waals surface area contributed by atoms with Crippen LogP contribution in [0.5, 0.6) is 0 Å². The maximum absolute atomic E-state index is 5.85. The van der Waals surface area contributed by atoms with Gasteiger partial charge in [-0.1, -0.05) is 12.1 Å². The van der Waals surface area contributed by atoms with Gasteiger partial charge in [0.05, 0.1) is 0 Å².